The van der Waals surface area contributed by atoms with Crippen molar-refractivity contribution in [3.63, 3.8) is 0 Å². The number of guanidine groups is 1. The molecule has 0 aromatic carbocycles. The van der Waals surface area contributed by atoms with Gasteiger partial charge < -0.3 is 24.4 Å². The van der Waals surface area contributed by atoms with E-state index in [1.165, 1.54) is 19.3 Å². The summed E-state index contributed by atoms with van der Waals surface area (Å²) in [5.74, 6) is 1.74. The number of aliphatic imine (C=N–C) groups is 1. The number of likely N-dealkylation sites (tertiary alicyclic amines) is 1. The van der Waals surface area contributed by atoms with Gasteiger partial charge in [0.15, 0.2) is 5.96 Å². The van der Waals surface area contributed by atoms with E-state index in [2.05, 4.69) is 35.9 Å². The fourth-order valence-corrected chi connectivity index (χ4v) is 4.86. The second-order valence-electron chi connectivity index (χ2n) is 9.63. The zero-order valence-electron chi connectivity index (χ0n) is 20.6. The van der Waals surface area contributed by atoms with E-state index in [1.54, 1.807) is 0 Å². The number of rotatable bonds is 9. The van der Waals surface area contributed by atoms with Crippen molar-refractivity contribution >= 4 is 29.9 Å². The largest absolute Gasteiger partial charge is 0.379 e. The molecule has 0 amide bonds. The van der Waals surface area contributed by atoms with E-state index in [9.17, 15) is 0 Å². The van der Waals surface area contributed by atoms with Crippen molar-refractivity contribution in [1.29, 1.82) is 0 Å². The highest BCUT2D eigenvalue weighted by Crippen LogP contribution is 2.19. The average molecular weight is 567 g/mol. The lowest BCUT2D eigenvalue weighted by Gasteiger charge is -2.36. The molecule has 3 rings (SSSR count). The van der Waals surface area contributed by atoms with Gasteiger partial charge in [-0.1, -0.05) is 13.8 Å². The number of nitrogens with one attached hydrogen (secondary N) is 1. The van der Waals surface area contributed by atoms with E-state index in [1.807, 2.05) is 0 Å². The van der Waals surface area contributed by atoms with Gasteiger partial charge in [0.2, 0.25) is 0 Å². The molecule has 3 fully saturated rings. The molecule has 188 valence electrons. The monoisotopic (exact) mass is 566 g/mol. The molecule has 0 radical (unpaired) electrons. The molecule has 3 aliphatic heterocycles. The van der Waals surface area contributed by atoms with E-state index in [4.69, 9.17) is 19.2 Å². The van der Waals surface area contributed by atoms with Crippen LogP contribution < -0.4 is 5.32 Å². The summed E-state index contributed by atoms with van der Waals surface area (Å²) in [6, 6.07) is 0.494. The van der Waals surface area contributed by atoms with Crippen LogP contribution in [0.3, 0.4) is 0 Å². The first kappa shape index (κ1) is 28.1. The van der Waals surface area contributed by atoms with Crippen molar-refractivity contribution in [2.45, 2.75) is 77.5 Å². The van der Waals surface area contributed by atoms with Crippen LogP contribution in [0.25, 0.3) is 0 Å². The van der Waals surface area contributed by atoms with Crippen LogP contribution in [0.1, 0.15) is 59.3 Å². The first-order valence-corrected chi connectivity index (χ1v) is 12.7. The van der Waals surface area contributed by atoms with Crippen LogP contribution in [0.4, 0.5) is 0 Å². The molecule has 0 saturated carbocycles. The van der Waals surface area contributed by atoms with Gasteiger partial charge in [0.1, 0.15) is 0 Å². The molecule has 0 bridgehead atoms. The Morgan fingerprint density at radius 2 is 1.81 bits per heavy atom. The Bertz CT molecular complexity index is 517. The van der Waals surface area contributed by atoms with Crippen LogP contribution in [0.5, 0.6) is 0 Å². The molecule has 2 unspecified atom stereocenters. The third-order valence-electron chi connectivity index (χ3n) is 6.63. The molecule has 2 atom stereocenters. The highest BCUT2D eigenvalue weighted by Gasteiger charge is 2.25. The summed E-state index contributed by atoms with van der Waals surface area (Å²) in [6.07, 6.45) is 7.60. The SMILES string of the molecule is CCNC(=NCC(CC(C)C)N1CCOCC1)N1CCC(OCC2CCCCO2)CC1.I. The third kappa shape index (κ3) is 9.60. The third-order valence-corrected chi connectivity index (χ3v) is 6.63. The number of ether oxygens (including phenoxy) is 3. The number of piperidine rings is 1. The predicted molar refractivity (Wildman–Crippen MR) is 141 cm³/mol. The maximum Gasteiger partial charge on any atom is 0.193 e. The van der Waals surface area contributed by atoms with Gasteiger partial charge in [0.25, 0.3) is 0 Å². The smallest absolute Gasteiger partial charge is 0.193 e. The second-order valence-corrected chi connectivity index (χ2v) is 9.63. The van der Waals surface area contributed by atoms with Crippen LogP contribution in [0.15, 0.2) is 4.99 Å². The second kappa shape index (κ2) is 15.7. The average Bonchev–Trinajstić information content (AvgIpc) is 2.81. The van der Waals surface area contributed by atoms with Crippen LogP contribution >= 0.6 is 24.0 Å². The molecule has 3 saturated heterocycles. The molecule has 32 heavy (non-hydrogen) atoms. The molecule has 0 aromatic heterocycles. The zero-order chi connectivity index (χ0) is 21.9. The van der Waals surface area contributed by atoms with Gasteiger partial charge in [0.05, 0.1) is 38.6 Å². The summed E-state index contributed by atoms with van der Waals surface area (Å²) < 4.78 is 17.6. The van der Waals surface area contributed by atoms with Crippen LogP contribution in [-0.2, 0) is 14.2 Å². The Balaban J connectivity index is 0.00000363. The Morgan fingerprint density at radius 1 is 1.06 bits per heavy atom. The highest BCUT2D eigenvalue weighted by atomic mass is 127. The van der Waals surface area contributed by atoms with Crippen molar-refractivity contribution in [3.8, 4) is 0 Å². The minimum Gasteiger partial charge on any atom is -0.379 e. The molecule has 3 heterocycles. The maximum atomic E-state index is 6.20. The van der Waals surface area contributed by atoms with Gasteiger partial charge in [0, 0.05) is 45.4 Å². The summed E-state index contributed by atoms with van der Waals surface area (Å²) in [4.78, 5) is 10.1. The van der Waals surface area contributed by atoms with Gasteiger partial charge in [-0.15, -0.1) is 24.0 Å². The van der Waals surface area contributed by atoms with Crippen molar-refractivity contribution in [2.75, 3.05) is 65.7 Å². The van der Waals surface area contributed by atoms with Gasteiger partial charge >= 0.3 is 0 Å². The molecule has 0 aliphatic carbocycles. The topological polar surface area (TPSA) is 58.6 Å². The summed E-state index contributed by atoms with van der Waals surface area (Å²) in [6.45, 7) is 16.0. The minimum absolute atomic E-state index is 0. The van der Waals surface area contributed by atoms with Crippen LogP contribution in [0, 0.1) is 5.92 Å². The van der Waals surface area contributed by atoms with Crippen LogP contribution in [-0.4, -0.2) is 99.7 Å². The lowest BCUT2D eigenvalue weighted by Crippen LogP contribution is -2.49. The fourth-order valence-electron chi connectivity index (χ4n) is 4.86. The van der Waals surface area contributed by atoms with Crippen molar-refractivity contribution < 1.29 is 14.2 Å². The normalized spacial score (nSPS) is 24.9. The molecule has 3 aliphatic rings. The van der Waals surface area contributed by atoms with E-state index in [0.717, 1.165) is 90.9 Å². The van der Waals surface area contributed by atoms with Crippen LogP contribution in [0.2, 0.25) is 0 Å². The van der Waals surface area contributed by atoms with Gasteiger partial charge in [-0.2, -0.15) is 0 Å². The van der Waals surface area contributed by atoms with Gasteiger partial charge in [-0.3, -0.25) is 9.89 Å². The number of nitrogens with zero attached hydrogens (tertiary/aromatic N) is 3. The van der Waals surface area contributed by atoms with Gasteiger partial charge in [-0.25, -0.2) is 0 Å². The maximum absolute atomic E-state index is 6.20. The number of morpholine rings is 1. The lowest BCUT2D eigenvalue weighted by atomic mass is 10.0. The molecule has 8 heteroatoms. The molecule has 1 N–H and O–H groups in total. The van der Waals surface area contributed by atoms with E-state index >= 15 is 0 Å². The Hall–Kier alpha value is -0.160. The minimum atomic E-state index is 0. The summed E-state index contributed by atoms with van der Waals surface area (Å²) >= 11 is 0. The Kier molecular flexibility index (Phi) is 13.8. The standard InChI is InChI=1S/C24H46N4O3.HI/c1-4-25-24(26-18-21(17-20(2)3)27-12-15-29-16-13-27)28-10-8-22(9-11-28)31-19-23-7-5-6-14-30-23;/h20-23H,4-19H2,1-3H3,(H,25,26);1H. The Labute approximate surface area is 213 Å². The summed E-state index contributed by atoms with van der Waals surface area (Å²) in [5, 5.41) is 3.53. The number of hydrogen-bond donors (Lipinski definition) is 1. The number of hydrogen-bond acceptors (Lipinski definition) is 5. The Morgan fingerprint density at radius 3 is 2.44 bits per heavy atom. The first-order valence-electron chi connectivity index (χ1n) is 12.7. The molecular formula is C24H47IN4O3. The quantitative estimate of drug-likeness (QED) is 0.263. The lowest BCUT2D eigenvalue weighted by molar-refractivity contribution is -0.0721. The summed E-state index contributed by atoms with van der Waals surface area (Å²) in [7, 11) is 0. The molecular weight excluding hydrogens is 519 g/mol. The summed E-state index contributed by atoms with van der Waals surface area (Å²) in [5.41, 5.74) is 0. The molecule has 0 spiro atoms. The van der Waals surface area contributed by atoms with E-state index < -0.39 is 0 Å². The van der Waals surface area contributed by atoms with Crippen molar-refractivity contribution in [2.24, 2.45) is 10.9 Å². The molecule has 0 aromatic rings. The zero-order valence-corrected chi connectivity index (χ0v) is 22.9. The fraction of sp³-hybridized carbons (Fsp3) is 0.958. The van der Waals surface area contributed by atoms with Crippen molar-refractivity contribution in [3.05, 3.63) is 0 Å². The van der Waals surface area contributed by atoms with Crippen molar-refractivity contribution in [1.82, 2.24) is 15.1 Å². The predicted octanol–water partition coefficient (Wildman–Crippen LogP) is 3.37. The van der Waals surface area contributed by atoms with Gasteiger partial charge in [-0.05, 0) is 51.4 Å². The number of halogens is 1. The highest BCUT2D eigenvalue weighted by molar-refractivity contribution is 14.0. The first-order chi connectivity index (χ1) is 15.2. The van der Waals surface area contributed by atoms with E-state index in [0.29, 0.717) is 24.2 Å². The van der Waals surface area contributed by atoms with E-state index in [-0.39, 0.29) is 24.0 Å². The molecule has 7 nitrogen and oxygen atoms in total.